The van der Waals surface area contributed by atoms with Gasteiger partial charge in [0, 0.05) is 18.3 Å². The Bertz CT molecular complexity index is 789. The van der Waals surface area contributed by atoms with Crippen LogP contribution in [0.15, 0.2) is 11.0 Å². The average Bonchev–Trinajstić information content (AvgIpc) is 2.89. The van der Waals surface area contributed by atoms with Gasteiger partial charge in [0.1, 0.15) is 18.3 Å². The highest BCUT2D eigenvalue weighted by molar-refractivity contribution is 7.71. The topological polar surface area (TPSA) is 112 Å². The van der Waals surface area contributed by atoms with Gasteiger partial charge in [-0.3, -0.25) is 14.3 Å². The number of rotatable bonds is 7. The van der Waals surface area contributed by atoms with Gasteiger partial charge in [0.25, 0.3) is 5.56 Å². The largest absolute Gasteiger partial charge is 0.414 e. The first-order valence-corrected chi connectivity index (χ1v) is 12.8. The first-order valence-electron chi connectivity index (χ1n) is 9.50. The molecule has 8 nitrogen and oxygen atoms in total. The van der Waals surface area contributed by atoms with Crippen LogP contribution in [0.2, 0.25) is 18.1 Å². The number of aryl methyl sites for hydroxylation is 1. The van der Waals surface area contributed by atoms with Gasteiger partial charge < -0.3 is 24.7 Å². The molecular weight excluding hydrogens is 398 g/mol. The quantitative estimate of drug-likeness (QED) is 0.446. The third-order valence-corrected chi connectivity index (χ3v) is 10.4. The van der Waals surface area contributed by atoms with Crippen LogP contribution in [0.5, 0.6) is 0 Å². The molecule has 10 heteroatoms. The van der Waals surface area contributed by atoms with Crippen LogP contribution in [0.3, 0.4) is 0 Å². The Morgan fingerprint density at radius 2 is 2.07 bits per heavy atom. The van der Waals surface area contributed by atoms with Gasteiger partial charge in [0.15, 0.2) is 19.3 Å². The molecule has 0 aliphatic carbocycles. The maximum absolute atomic E-state index is 11.8. The Balaban J connectivity index is 2.27. The maximum atomic E-state index is 11.8. The summed E-state index contributed by atoms with van der Waals surface area (Å²) in [6, 6.07) is 0. The monoisotopic (exact) mass is 431 g/mol. The Hall–Kier alpha value is -0.883. The van der Waals surface area contributed by atoms with Crippen molar-refractivity contribution in [3.8, 4) is 0 Å². The molecule has 1 fully saturated rings. The molecule has 1 unspecified atom stereocenters. The number of hydrogen-bond donors (Lipinski definition) is 3. The van der Waals surface area contributed by atoms with E-state index in [1.807, 2.05) is 0 Å². The van der Waals surface area contributed by atoms with Crippen molar-refractivity contribution in [3.05, 3.63) is 26.9 Å². The molecule has 1 aromatic heterocycles. The van der Waals surface area contributed by atoms with E-state index in [0.717, 1.165) is 0 Å². The number of H-pyrrole nitrogens is 1. The highest BCUT2D eigenvalue weighted by Crippen LogP contribution is 2.38. The molecule has 1 aliphatic rings. The highest BCUT2D eigenvalue weighted by atomic mass is 32.1. The molecule has 0 saturated carbocycles. The van der Waals surface area contributed by atoms with Crippen molar-refractivity contribution in [1.29, 1.82) is 0 Å². The van der Waals surface area contributed by atoms with E-state index in [4.69, 9.17) is 31.9 Å². The molecule has 1 aromatic rings. The van der Waals surface area contributed by atoms with Crippen LogP contribution in [0.1, 0.15) is 32.6 Å². The standard InChI is InChI=1S/C18H33N3O5SSi/c1-11-9-21(17(27)20-15(11)23)16-14(24-8-7-19)13(22)12(26-16)10-25-28(5,6)18(2,3)4/h9,12-14,16,22H,7-8,10,19H2,1-6H3,(H,20,23,27)/t12-,13?,14+,16-/m1/s1. The number of nitrogens with two attached hydrogens (primary N) is 1. The first-order chi connectivity index (χ1) is 12.9. The van der Waals surface area contributed by atoms with E-state index in [1.54, 1.807) is 17.7 Å². The third kappa shape index (κ3) is 4.99. The lowest BCUT2D eigenvalue weighted by molar-refractivity contribution is -0.0712. The molecular formula is C18H33N3O5SSi. The van der Waals surface area contributed by atoms with E-state index < -0.39 is 32.9 Å². The van der Waals surface area contributed by atoms with Crippen LogP contribution >= 0.6 is 12.2 Å². The molecule has 0 radical (unpaired) electrons. The molecule has 0 amide bonds. The fraction of sp³-hybridized carbons (Fsp3) is 0.778. The van der Waals surface area contributed by atoms with Crippen molar-refractivity contribution < 1.29 is 19.0 Å². The summed E-state index contributed by atoms with van der Waals surface area (Å²) in [4.78, 5) is 14.4. The fourth-order valence-electron chi connectivity index (χ4n) is 2.75. The Labute approximate surface area is 172 Å². The van der Waals surface area contributed by atoms with E-state index in [2.05, 4.69) is 38.8 Å². The number of nitrogens with zero attached hydrogens (tertiary/aromatic N) is 1. The molecule has 1 saturated heterocycles. The summed E-state index contributed by atoms with van der Waals surface area (Å²) in [7, 11) is -2.00. The lowest BCUT2D eigenvalue weighted by Gasteiger charge is -2.37. The van der Waals surface area contributed by atoms with E-state index >= 15 is 0 Å². The number of nitrogens with one attached hydrogen (secondary N) is 1. The van der Waals surface area contributed by atoms with Crippen molar-refractivity contribution in [2.75, 3.05) is 19.8 Å². The summed E-state index contributed by atoms with van der Waals surface area (Å²) in [5.41, 5.74) is 5.81. The van der Waals surface area contributed by atoms with Crippen LogP contribution in [0.25, 0.3) is 0 Å². The number of aromatic amines is 1. The summed E-state index contributed by atoms with van der Waals surface area (Å²) in [5, 5.41) is 10.9. The van der Waals surface area contributed by atoms with Crippen LogP contribution in [-0.4, -0.2) is 61.0 Å². The van der Waals surface area contributed by atoms with Crippen LogP contribution < -0.4 is 11.3 Å². The summed E-state index contributed by atoms with van der Waals surface area (Å²) >= 11 is 5.29. The minimum absolute atomic E-state index is 0.0456. The minimum atomic E-state index is -2.00. The Morgan fingerprint density at radius 1 is 1.43 bits per heavy atom. The SMILES string of the molecule is Cc1cn([C@@H]2O[C@H](CO[Si](C)(C)C(C)(C)C)C(O)[C@@H]2OCCN)c(=S)[nH]c1=O. The van der Waals surface area contributed by atoms with Gasteiger partial charge in [-0.25, -0.2) is 0 Å². The van der Waals surface area contributed by atoms with Crippen molar-refractivity contribution in [1.82, 2.24) is 9.55 Å². The van der Waals surface area contributed by atoms with Gasteiger partial charge in [-0.15, -0.1) is 0 Å². The second kappa shape index (κ2) is 8.86. The zero-order chi connectivity index (χ0) is 21.3. The van der Waals surface area contributed by atoms with Gasteiger partial charge >= 0.3 is 0 Å². The summed E-state index contributed by atoms with van der Waals surface area (Å²) in [6.45, 7) is 13.3. The number of ether oxygens (including phenoxy) is 2. The van der Waals surface area contributed by atoms with E-state index in [9.17, 15) is 9.90 Å². The highest BCUT2D eigenvalue weighted by Gasteiger charge is 2.47. The number of aromatic nitrogens is 2. The zero-order valence-corrected chi connectivity index (χ0v) is 19.3. The van der Waals surface area contributed by atoms with Crippen molar-refractivity contribution in [2.45, 2.75) is 70.4 Å². The summed E-state index contributed by atoms with van der Waals surface area (Å²) in [5.74, 6) is 0. The smallest absolute Gasteiger partial charge is 0.254 e. The first kappa shape index (κ1) is 23.4. The Kier molecular flexibility index (Phi) is 7.41. The minimum Gasteiger partial charge on any atom is -0.414 e. The van der Waals surface area contributed by atoms with E-state index in [0.29, 0.717) is 12.1 Å². The Morgan fingerprint density at radius 3 is 2.64 bits per heavy atom. The molecule has 0 bridgehead atoms. The summed E-state index contributed by atoms with van der Waals surface area (Å²) < 4.78 is 20.0. The average molecular weight is 432 g/mol. The van der Waals surface area contributed by atoms with Gasteiger partial charge in [0.2, 0.25) is 0 Å². The van der Waals surface area contributed by atoms with Gasteiger partial charge in [-0.05, 0) is 37.3 Å². The lowest BCUT2D eigenvalue weighted by atomic mass is 10.1. The maximum Gasteiger partial charge on any atom is 0.254 e. The molecule has 2 heterocycles. The lowest BCUT2D eigenvalue weighted by Crippen LogP contribution is -2.44. The fourth-order valence-corrected chi connectivity index (χ4v) is 4.01. The predicted molar refractivity (Wildman–Crippen MR) is 112 cm³/mol. The van der Waals surface area contributed by atoms with Crippen molar-refractivity contribution >= 4 is 20.5 Å². The number of hydrogen-bond acceptors (Lipinski definition) is 7. The molecule has 2 rings (SSSR count). The van der Waals surface area contributed by atoms with Crippen molar-refractivity contribution in [2.24, 2.45) is 5.73 Å². The summed E-state index contributed by atoms with van der Waals surface area (Å²) in [6.07, 6.45) is -1.22. The van der Waals surface area contributed by atoms with Crippen molar-refractivity contribution in [3.63, 3.8) is 0 Å². The molecule has 0 aromatic carbocycles. The van der Waals surface area contributed by atoms with Gasteiger partial charge in [-0.1, -0.05) is 20.8 Å². The second-order valence-electron chi connectivity index (χ2n) is 8.73. The molecule has 1 aliphatic heterocycles. The number of aliphatic hydroxyl groups is 1. The number of aliphatic hydroxyl groups excluding tert-OH is 1. The second-order valence-corrected chi connectivity index (χ2v) is 13.9. The van der Waals surface area contributed by atoms with Gasteiger partial charge in [-0.2, -0.15) is 0 Å². The van der Waals surface area contributed by atoms with Crippen LogP contribution in [-0.2, 0) is 13.9 Å². The van der Waals surface area contributed by atoms with Crippen LogP contribution in [0.4, 0.5) is 0 Å². The predicted octanol–water partition coefficient (Wildman–Crippen LogP) is 1.84. The molecule has 4 N–H and O–H groups in total. The van der Waals surface area contributed by atoms with Crippen LogP contribution in [0, 0.1) is 11.7 Å². The normalized spacial score (nSPS) is 26.0. The third-order valence-electron chi connectivity index (χ3n) is 5.58. The molecule has 0 spiro atoms. The van der Waals surface area contributed by atoms with E-state index in [-0.39, 0.29) is 28.6 Å². The van der Waals surface area contributed by atoms with Gasteiger partial charge in [0.05, 0.1) is 13.2 Å². The van der Waals surface area contributed by atoms with E-state index in [1.165, 1.54) is 0 Å². The zero-order valence-electron chi connectivity index (χ0n) is 17.5. The molecule has 28 heavy (non-hydrogen) atoms. The molecule has 160 valence electrons. The molecule has 4 atom stereocenters.